The summed E-state index contributed by atoms with van der Waals surface area (Å²) in [6.07, 6.45) is 2.56. The van der Waals surface area contributed by atoms with Crippen molar-refractivity contribution in [2.24, 2.45) is 10.9 Å². The highest BCUT2D eigenvalue weighted by molar-refractivity contribution is 5.79. The number of nitrogens with one attached hydrogen (secondary N) is 1. The molecular weight excluding hydrogens is 266 g/mol. The average Bonchev–Trinajstić information content (AvgIpc) is 2.98. The van der Waals surface area contributed by atoms with Crippen molar-refractivity contribution in [1.82, 2.24) is 10.2 Å². The van der Waals surface area contributed by atoms with Gasteiger partial charge >= 0.3 is 0 Å². The van der Waals surface area contributed by atoms with E-state index in [1.807, 2.05) is 18.7 Å². The molecule has 1 fully saturated rings. The number of rotatable bonds is 9. The van der Waals surface area contributed by atoms with Crippen LogP contribution < -0.4 is 5.32 Å². The van der Waals surface area contributed by atoms with Crippen molar-refractivity contribution in [3.8, 4) is 0 Å². The number of carbonyl (C=O) groups excluding carboxylic acids is 1. The third-order valence-corrected chi connectivity index (χ3v) is 3.35. The molecule has 0 bridgehead atoms. The van der Waals surface area contributed by atoms with E-state index in [1.54, 1.807) is 6.21 Å². The lowest BCUT2D eigenvalue weighted by atomic mass is 10.1. The first kappa shape index (κ1) is 17.6. The zero-order chi connectivity index (χ0) is 15.7. The maximum absolute atomic E-state index is 12.3. The van der Waals surface area contributed by atoms with Crippen LogP contribution in [0.2, 0.25) is 0 Å². The summed E-state index contributed by atoms with van der Waals surface area (Å²) >= 11 is 0. The Morgan fingerprint density at radius 1 is 1.52 bits per heavy atom. The Balaban J connectivity index is 2.24. The Morgan fingerprint density at radius 3 is 2.86 bits per heavy atom. The summed E-state index contributed by atoms with van der Waals surface area (Å²) in [5, 5.41) is 3.27. The van der Waals surface area contributed by atoms with Crippen molar-refractivity contribution in [3.05, 3.63) is 24.4 Å². The molecule has 21 heavy (non-hydrogen) atoms. The minimum Gasteiger partial charge on any atom is -0.381 e. The minimum atomic E-state index is 0.0441. The molecule has 1 unspecified atom stereocenters. The van der Waals surface area contributed by atoms with Gasteiger partial charge in [0.15, 0.2) is 0 Å². The summed E-state index contributed by atoms with van der Waals surface area (Å²) < 4.78 is 5.28. The topological polar surface area (TPSA) is 53.9 Å². The zero-order valence-corrected chi connectivity index (χ0v) is 13.2. The monoisotopic (exact) mass is 293 g/mol. The predicted molar refractivity (Wildman–Crippen MR) is 86.5 cm³/mol. The van der Waals surface area contributed by atoms with Crippen LogP contribution in [-0.4, -0.2) is 56.4 Å². The molecule has 0 spiro atoms. The van der Waals surface area contributed by atoms with Gasteiger partial charge in [0, 0.05) is 44.7 Å². The smallest absolute Gasteiger partial charge is 0.228 e. The van der Waals surface area contributed by atoms with Crippen LogP contribution in [0.1, 0.15) is 20.3 Å². The van der Waals surface area contributed by atoms with Crippen LogP contribution in [0.4, 0.5) is 0 Å². The van der Waals surface area contributed by atoms with Crippen LogP contribution in [0.3, 0.4) is 0 Å². The number of nitrogens with zero attached hydrogens (tertiary/aromatic N) is 2. The SMILES string of the molecule is C=C(C=NC(=C)C)CNCCN(CC)C(=O)C1CCOC1. The standard InChI is InChI=1S/C16H27N3O2/c1-5-19(16(20)15-6-9-21-12-15)8-7-17-10-14(4)11-18-13(2)3/h11,15,17H,2,4-10,12H2,1,3H3. The van der Waals surface area contributed by atoms with Gasteiger partial charge in [0.1, 0.15) is 0 Å². The number of allylic oxidation sites excluding steroid dienone is 1. The van der Waals surface area contributed by atoms with Gasteiger partial charge in [-0.15, -0.1) is 0 Å². The fourth-order valence-electron chi connectivity index (χ4n) is 2.12. The third-order valence-electron chi connectivity index (χ3n) is 3.35. The molecule has 0 aromatic heterocycles. The van der Waals surface area contributed by atoms with Gasteiger partial charge in [-0.05, 0) is 25.8 Å². The van der Waals surface area contributed by atoms with Crippen LogP contribution in [0.5, 0.6) is 0 Å². The molecule has 5 nitrogen and oxygen atoms in total. The first-order valence-electron chi connectivity index (χ1n) is 7.49. The Morgan fingerprint density at radius 2 is 2.29 bits per heavy atom. The molecule has 118 valence electrons. The summed E-state index contributed by atoms with van der Waals surface area (Å²) in [6.45, 7) is 15.6. The molecule has 1 amide bonds. The Bertz CT molecular complexity index is 398. The Labute approximate surface area is 127 Å². The molecule has 0 radical (unpaired) electrons. The van der Waals surface area contributed by atoms with E-state index >= 15 is 0 Å². The third kappa shape index (κ3) is 6.69. The molecule has 5 heteroatoms. The van der Waals surface area contributed by atoms with Crippen molar-refractivity contribution < 1.29 is 9.53 Å². The highest BCUT2D eigenvalue weighted by Crippen LogP contribution is 2.15. The molecule has 1 N–H and O–H groups in total. The van der Waals surface area contributed by atoms with Crippen molar-refractivity contribution >= 4 is 12.1 Å². The number of hydrogen-bond donors (Lipinski definition) is 1. The van der Waals surface area contributed by atoms with E-state index in [9.17, 15) is 4.79 Å². The normalized spacial score (nSPS) is 18.1. The van der Waals surface area contributed by atoms with Crippen LogP contribution >= 0.6 is 0 Å². The molecule has 0 aliphatic carbocycles. The van der Waals surface area contributed by atoms with Crippen molar-refractivity contribution in [2.45, 2.75) is 20.3 Å². The summed E-state index contributed by atoms with van der Waals surface area (Å²) in [5.41, 5.74) is 1.66. The molecule has 1 saturated heterocycles. The van der Waals surface area contributed by atoms with Crippen molar-refractivity contribution in [1.29, 1.82) is 0 Å². The fourth-order valence-corrected chi connectivity index (χ4v) is 2.12. The van der Waals surface area contributed by atoms with Crippen LogP contribution in [0, 0.1) is 5.92 Å². The van der Waals surface area contributed by atoms with E-state index in [1.165, 1.54) is 0 Å². The van der Waals surface area contributed by atoms with E-state index in [-0.39, 0.29) is 11.8 Å². The number of amides is 1. The lowest BCUT2D eigenvalue weighted by Gasteiger charge is -2.23. The highest BCUT2D eigenvalue weighted by atomic mass is 16.5. The second kappa shape index (κ2) is 9.47. The maximum Gasteiger partial charge on any atom is 0.228 e. The summed E-state index contributed by atoms with van der Waals surface area (Å²) in [7, 11) is 0. The lowest BCUT2D eigenvalue weighted by molar-refractivity contribution is -0.135. The molecule has 1 aliphatic heterocycles. The lowest BCUT2D eigenvalue weighted by Crippen LogP contribution is -2.40. The van der Waals surface area contributed by atoms with Crippen LogP contribution in [0.15, 0.2) is 29.4 Å². The summed E-state index contributed by atoms with van der Waals surface area (Å²) in [4.78, 5) is 18.2. The van der Waals surface area contributed by atoms with Gasteiger partial charge in [-0.25, -0.2) is 0 Å². The van der Waals surface area contributed by atoms with Crippen molar-refractivity contribution in [2.75, 3.05) is 39.4 Å². The number of hydrogen-bond acceptors (Lipinski definition) is 4. The van der Waals surface area contributed by atoms with Gasteiger partial charge in [-0.2, -0.15) is 0 Å². The highest BCUT2D eigenvalue weighted by Gasteiger charge is 2.26. The second-order valence-corrected chi connectivity index (χ2v) is 5.31. The van der Waals surface area contributed by atoms with Crippen LogP contribution in [-0.2, 0) is 9.53 Å². The molecule has 0 aromatic rings. The molecule has 1 heterocycles. The van der Waals surface area contributed by atoms with E-state index < -0.39 is 0 Å². The zero-order valence-electron chi connectivity index (χ0n) is 13.2. The van der Waals surface area contributed by atoms with Gasteiger partial charge in [-0.3, -0.25) is 9.79 Å². The molecule has 1 aliphatic rings. The number of carbonyl (C=O) groups is 1. The maximum atomic E-state index is 12.3. The quantitative estimate of drug-likeness (QED) is 0.519. The second-order valence-electron chi connectivity index (χ2n) is 5.31. The molecule has 1 atom stereocenters. The Kier molecular flexibility index (Phi) is 7.93. The van der Waals surface area contributed by atoms with Gasteiger partial charge in [0.2, 0.25) is 5.91 Å². The van der Waals surface area contributed by atoms with Gasteiger partial charge in [-0.1, -0.05) is 13.2 Å². The molecule has 0 aromatic carbocycles. The first-order chi connectivity index (χ1) is 10.0. The van der Waals surface area contributed by atoms with Crippen molar-refractivity contribution in [3.63, 3.8) is 0 Å². The number of ether oxygens (including phenoxy) is 1. The van der Waals surface area contributed by atoms with Gasteiger partial charge in [0.25, 0.3) is 0 Å². The molecule has 1 rings (SSSR count). The minimum absolute atomic E-state index is 0.0441. The van der Waals surface area contributed by atoms with E-state index in [0.29, 0.717) is 26.3 Å². The first-order valence-corrected chi connectivity index (χ1v) is 7.49. The molecule has 0 saturated carbocycles. The number of likely N-dealkylation sites (N-methyl/N-ethyl adjacent to an activating group) is 1. The van der Waals surface area contributed by atoms with Crippen LogP contribution in [0.25, 0.3) is 0 Å². The summed E-state index contributed by atoms with van der Waals surface area (Å²) in [5.74, 6) is 0.252. The average molecular weight is 293 g/mol. The van der Waals surface area contributed by atoms with Gasteiger partial charge < -0.3 is 15.0 Å². The number of aliphatic imine (C=N–C) groups is 1. The van der Waals surface area contributed by atoms with E-state index in [4.69, 9.17) is 4.74 Å². The van der Waals surface area contributed by atoms with E-state index in [2.05, 4.69) is 23.5 Å². The summed E-state index contributed by atoms with van der Waals surface area (Å²) in [6, 6.07) is 0. The molecular formula is C16H27N3O2. The largest absolute Gasteiger partial charge is 0.381 e. The predicted octanol–water partition coefficient (Wildman–Crippen LogP) is 1.62. The van der Waals surface area contributed by atoms with E-state index in [0.717, 1.165) is 30.8 Å². The fraction of sp³-hybridized carbons (Fsp3) is 0.625. The van der Waals surface area contributed by atoms with Gasteiger partial charge in [0.05, 0.1) is 12.5 Å². The Hall–Kier alpha value is -1.46.